The van der Waals surface area contributed by atoms with Crippen LogP contribution in [0.3, 0.4) is 0 Å². The Labute approximate surface area is 160 Å². The summed E-state index contributed by atoms with van der Waals surface area (Å²) >= 11 is 0. The molecule has 148 valence electrons. The molecule has 0 saturated heterocycles. The minimum Gasteiger partial charge on any atom is -0.422 e. The lowest BCUT2D eigenvalue weighted by molar-refractivity contribution is -0.384. The fourth-order valence-corrected chi connectivity index (χ4v) is 1.99. The fourth-order valence-electron chi connectivity index (χ4n) is 1.99. The minimum atomic E-state index is -0.669. The Balaban J connectivity index is 0.000000330. The van der Waals surface area contributed by atoms with E-state index in [1.807, 2.05) is 0 Å². The second kappa shape index (κ2) is 11.3. The van der Waals surface area contributed by atoms with Gasteiger partial charge in [-0.05, 0) is 37.6 Å². The zero-order valence-corrected chi connectivity index (χ0v) is 15.6. The van der Waals surface area contributed by atoms with Gasteiger partial charge in [0.25, 0.3) is 5.69 Å². The summed E-state index contributed by atoms with van der Waals surface area (Å²) < 4.78 is 30.2. The minimum absolute atomic E-state index is 0.0656. The van der Waals surface area contributed by atoms with Crippen LogP contribution in [0.25, 0.3) is 0 Å². The van der Waals surface area contributed by atoms with Crippen LogP contribution in [0.2, 0.25) is 0 Å². The number of nitrogens with zero attached hydrogens (tertiary/aromatic N) is 3. The van der Waals surface area contributed by atoms with Gasteiger partial charge in [0.15, 0.2) is 5.70 Å². The van der Waals surface area contributed by atoms with E-state index in [1.165, 1.54) is 55.6 Å². The van der Waals surface area contributed by atoms with Crippen LogP contribution in [0, 0.1) is 21.7 Å². The van der Waals surface area contributed by atoms with Gasteiger partial charge in [0.2, 0.25) is 0 Å². The number of nitro groups is 1. The molecule has 0 bridgehead atoms. The molecule has 0 amide bonds. The highest BCUT2D eigenvalue weighted by molar-refractivity contribution is 5.89. The zero-order valence-electron chi connectivity index (χ0n) is 15.6. The van der Waals surface area contributed by atoms with Gasteiger partial charge < -0.3 is 4.74 Å². The molecule has 0 aliphatic heterocycles. The van der Waals surface area contributed by atoms with Gasteiger partial charge in [-0.2, -0.15) is 5.11 Å². The lowest BCUT2D eigenvalue weighted by Crippen LogP contribution is -2.09. The summed E-state index contributed by atoms with van der Waals surface area (Å²) in [5.41, 5.74) is 0.160. The van der Waals surface area contributed by atoms with E-state index in [0.29, 0.717) is 6.42 Å². The lowest BCUT2D eigenvalue weighted by atomic mass is 10.1. The van der Waals surface area contributed by atoms with Crippen LogP contribution in [0.4, 0.5) is 14.5 Å². The number of benzene rings is 2. The number of nitro benzene ring substituents is 1. The Morgan fingerprint density at radius 3 is 2.14 bits per heavy atom. The number of halogens is 2. The highest BCUT2D eigenvalue weighted by Crippen LogP contribution is 2.18. The van der Waals surface area contributed by atoms with Crippen LogP contribution in [0.1, 0.15) is 19.4 Å². The first kappa shape index (κ1) is 22.6. The monoisotopic (exact) mass is 391 g/mol. The molecular weight excluding hydrogens is 372 g/mol. The average Bonchev–Trinajstić information content (AvgIpc) is 2.67. The number of esters is 1. The summed E-state index contributed by atoms with van der Waals surface area (Å²) in [7, 11) is 1.43. The van der Waals surface area contributed by atoms with Gasteiger partial charge in [-0.1, -0.05) is 19.1 Å². The van der Waals surface area contributed by atoms with E-state index >= 15 is 0 Å². The van der Waals surface area contributed by atoms with Crippen LogP contribution in [-0.2, 0) is 11.2 Å². The number of carbonyl (C=O) groups excluding carboxylic acids is 1. The third-order valence-corrected chi connectivity index (χ3v) is 3.36. The molecule has 0 aromatic heterocycles. The molecule has 0 unspecified atom stereocenters. The van der Waals surface area contributed by atoms with Crippen LogP contribution >= 0.6 is 0 Å². The number of azo groups is 1. The van der Waals surface area contributed by atoms with Crippen LogP contribution in [0.5, 0.6) is 5.75 Å². The van der Waals surface area contributed by atoms with Crippen molar-refractivity contribution in [2.24, 2.45) is 10.2 Å². The number of carbonyl (C=O) groups is 1. The molecule has 0 N–H and O–H groups in total. The Bertz CT molecular complexity index is 861. The zero-order chi connectivity index (χ0) is 21.1. The molecule has 0 aliphatic carbocycles. The van der Waals surface area contributed by atoms with Crippen molar-refractivity contribution in [1.29, 1.82) is 0 Å². The molecule has 7 nitrogen and oxygen atoms in total. The van der Waals surface area contributed by atoms with Crippen molar-refractivity contribution >= 4 is 11.7 Å². The van der Waals surface area contributed by atoms with E-state index in [1.54, 1.807) is 13.8 Å². The van der Waals surface area contributed by atoms with E-state index in [2.05, 4.69) is 10.2 Å². The molecule has 0 aliphatic rings. The van der Waals surface area contributed by atoms with Gasteiger partial charge in [-0.15, -0.1) is 5.11 Å². The van der Waals surface area contributed by atoms with E-state index in [0.717, 1.165) is 0 Å². The molecule has 2 aromatic carbocycles. The van der Waals surface area contributed by atoms with Gasteiger partial charge in [-0.25, -0.2) is 13.6 Å². The normalized spacial score (nSPS) is 11.0. The van der Waals surface area contributed by atoms with Crippen LogP contribution < -0.4 is 4.74 Å². The summed E-state index contributed by atoms with van der Waals surface area (Å²) in [6.45, 7) is 3.35. The number of hydrogen-bond donors (Lipinski definition) is 0. The number of hydrogen-bond acceptors (Lipinski definition) is 6. The number of rotatable bonds is 5. The first-order valence-corrected chi connectivity index (χ1v) is 8.19. The van der Waals surface area contributed by atoms with Gasteiger partial charge in [0, 0.05) is 24.7 Å². The molecule has 0 saturated carbocycles. The molecule has 28 heavy (non-hydrogen) atoms. The molecule has 0 spiro atoms. The molecule has 2 aromatic rings. The first-order chi connectivity index (χ1) is 13.3. The predicted octanol–water partition coefficient (Wildman–Crippen LogP) is 5.01. The molecular formula is C19H19F2N3O4. The molecule has 0 heterocycles. The second-order valence-electron chi connectivity index (χ2n) is 5.17. The largest absolute Gasteiger partial charge is 0.422 e. The topological polar surface area (TPSA) is 94.2 Å². The van der Waals surface area contributed by atoms with Crippen molar-refractivity contribution in [2.45, 2.75) is 20.3 Å². The van der Waals surface area contributed by atoms with Crippen molar-refractivity contribution in [3.05, 3.63) is 81.5 Å². The maximum absolute atomic E-state index is 12.6. The second-order valence-corrected chi connectivity index (χ2v) is 5.17. The molecule has 0 fully saturated rings. The maximum Gasteiger partial charge on any atom is 0.363 e. The Kier molecular flexibility index (Phi) is 9.08. The summed E-state index contributed by atoms with van der Waals surface area (Å²) in [6.07, 6.45) is 1.86. The lowest BCUT2D eigenvalue weighted by Gasteiger charge is -2.02. The van der Waals surface area contributed by atoms with Crippen molar-refractivity contribution in [1.82, 2.24) is 0 Å². The average molecular weight is 391 g/mol. The summed E-state index contributed by atoms with van der Waals surface area (Å²) in [4.78, 5) is 21.5. The predicted molar refractivity (Wildman–Crippen MR) is 99.0 cm³/mol. The third kappa shape index (κ3) is 6.67. The summed E-state index contributed by atoms with van der Waals surface area (Å²) in [5, 5.41) is 17.5. The number of non-ortho nitro benzene ring substituents is 1. The first-order valence-electron chi connectivity index (χ1n) is 8.19. The van der Waals surface area contributed by atoms with E-state index in [-0.39, 0.29) is 22.7 Å². The van der Waals surface area contributed by atoms with Gasteiger partial charge in [-0.3, -0.25) is 10.1 Å². The van der Waals surface area contributed by atoms with Crippen molar-refractivity contribution < 1.29 is 23.2 Å². The SMILES string of the molecule is C/C=C(\N=NC)C(=O)Oc1ccc([N+](=O)[O-])cc1.CCc1c(F)cccc1F. The van der Waals surface area contributed by atoms with E-state index in [9.17, 15) is 23.7 Å². The molecule has 0 radical (unpaired) electrons. The van der Waals surface area contributed by atoms with Crippen molar-refractivity contribution in [2.75, 3.05) is 7.05 Å². The standard InChI is InChI=1S/C11H11N3O4.C8H8F2/c1-3-10(13-12-2)11(15)18-9-6-4-8(5-7-9)14(16)17;1-2-6-7(9)4-3-5-8(6)10/h3-7H,1-2H3;3-5H,2H2,1H3/b10-3-,13-12?;. The van der Waals surface area contributed by atoms with Gasteiger partial charge in [0.05, 0.1) is 4.92 Å². The van der Waals surface area contributed by atoms with Gasteiger partial charge in [0.1, 0.15) is 17.4 Å². The van der Waals surface area contributed by atoms with Crippen molar-refractivity contribution in [3.8, 4) is 5.75 Å². The molecule has 2 rings (SSSR count). The summed E-state index contributed by atoms with van der Waals surface area (Å²) in [5.74, 6) is -1.38. The quantitative estimate of drug-likeness (QED) is 0.179. The fraction of sp³-hybridized carbons (Fsp3) is 0.211. The smallest absolute Gasteiger partial charge is 0.363 e. The Morgan fingerprint density at radius 1 is 1.18 bits per heavy atom. The number of allylic oxidation sites excluding steroid dienone is 1. The molecule has 0 atom stereocenters. The van der Waals surface area contributed by atoms with E-state index in [4.69, 9.17) is 4.74 Å². The van der Waals surface area contributed by atoms with Crippen molar-refractivity contribution in [3.63, 3.8) is 0 Å². The Morgan fingerprint density at radius 2 is 1.75 bits per heavy atom. The van der Waals surface area contributed by atoms with Crippen LogP contribution in [0.15, 0.2) is 64.5 Å². The number of ether oxygens (including phenoxy) is 1. The maximum atomic E-state index is 12.6. The highest BCUT2D eigenvalue weighted by atomic mass is 19.1. The highest BCUT2D eigenvalue weighted by Gasteiger charge is 2.12. The van der Waals surface area contributed by atoms with Gasteiger partial charge >= 0.3 is 5.97 Å². The van der Waals surface area contributed by atoms with Crippen LogP contribution in [-0.4, -0.2) is 17.9 Å². The van der Waals surface area contributed by atoms with E-state index < -0.39 is 22.5 Å². The Hall–Kier alpha value is -3.49. The molecule has 9 heteroatoms. The third-order valence-electron chi connectivity index (χ3n) is 3.36. The summed E-state index contributed by atoms with van der Waals surface area (Å²) in [6, 6.07) is 9.07.